The van der Waals surface area contributed by atoms with Gasteiger partial charge in [0.25, 0.3) is 14.3 Å². The fourth-order valence-electron chi connectivity index (χ4n) is 1.26. The maximum absolute atomic E-state index is 11.4. The number of carbonyl (C=O) groups is 1. The molecule has 15 heavy (non-hydrogen) atoms. The molecule has 0 aromatic heterocycles. The molecule has 2 nitrogen and oxygen atoms in total. The van der Waals surface area contributed by atoms with Gasteiger partial charge in [-0.3, -0.25) is 4.79 Å². The summed E-state index contributed by atoms with van der Waals surface area (Å²) in [6, 6.07) is 0. The van der Waals surface area contributed by atoms with E-state index in [0.29, 0.717) is 11.9 Å². The average Bonchev–Trinajstić information content (AvgIpc) is 2.17. The van der Waals surface area contributed by atoms with Crippen LogP contribution in [0.25, 0.3) is 0 Å². The van der Waals surface area contributed by atoms with Gasteiger partial charge in [-0.15, -0.1) is 11.6 Å². The SMILES string of the molecule is CCCCCCCC(=O)O[Si](C)(C)CCl. The van der Waals surface area contributed by atoms with Crippen LogP contribution >= 0.6 is 11.6 Å². The van der Waals surface area contributed by atoms with E-state index in [-0.39, 0.29) is 5.97 Å². The van der Waals surface area contributed by atoms with Gasteiger partial charge in [-0.1, -0.05) is 32.6 Å². The van der Waals surface area contributed by atoms with Gasteiger partial charge in [0, 0.05) is 6.42 Å². The maximum atomic E-state index is 11.4. The van der Waals surface area contributed by atoms with Gasteiger partial charge in [-0.05, 0) is 19.5 Å². The highest BCUT2D eigenvalue weighted by atomic mass is 35.5. The van der Waals surface area contributed by atoms with Crippen LogP contribution in [0.4, 0.5) is 0 Å². The van der Waals surface area contributed by atoms with Crippen molar-refractivity contribution in [3.8, 4) is 0 Å². The summed E-state index contributed by atoms with van der Waals surface area (Å²) in [4.78, 5) is 11.4. The first kappa shape index (κ1) is 15.0. The lowest BCUT2D eigenvalue weighted by Crippen LogP contribution is -2.35. The lowest BCUT2D eigenvalue weighted by Gasteiger charge is -2.19. The quantitative estimate of drug-likeness (QED) is 0.371. The van der Waals surface area contributed by atoms with Crippen molar-refractivity contribution in [2.75, 3.05) is 5.50 Å². The Hall–Kier alpha value is -0.0231. The summed E-state index contributed by atoms with van der Waals surface area (Å²) in [6.07, 6.45) is 6.35. The second kappa shape index (κ2) is 8.17. The topological polar surface area (TPSA) is 26.3 Å². The Bertz CT molecular complexity index is 183. The zero-order valence-corrected chi connectivity index (χ0v) is 11.9. The second-order valence-corrected chi connectivity index (χ2v) is 9.32. The smallest absolute Gasteiger partial charge is 0.292 e. The van der Waals surface area contributed by atoms with Crippen molar-refractivity contribution in [1.82, 2.24) is 0 Å². The molecule has 0 spiro atoms. The molecule has 0 rings (SSSR count). The van der Waals surface area contributed by atoms with Crippen molar-refractivity contribution in [3.05, 3.63) is 0 Å². The molecule has 0 aromatic rings. The van der Waals surface area contributed by atoms with Gasteiger partial charge in [0.2, 0.25) is 0 Å². The zero-order valence-electron chi connectivity index (χ0n) is 10.1. The lowest BCUT2D eigenvalue weighted by atomic mass is 10.1. The fourth-order valence-corrected chi connectivity index (χ4v) is 2.20. The first-order valence-corrected chi connectivity index (χ1v) is 9.44. The number of carbonyl (C=O) groups excluding carboxylic acids is 1. The Morgan fingerprint density at radius 3 is 2.33 bits per heavy atom. The summed E-state index contributed by atoms with van der Waals surface area (Å²) in [5, 5.41) is 0. The molecule has 0 aromatic carbocycles. The summed E-state index contributed by atoms with van der Waals surface area (Å²) < 4.78 is 5.36. The summed E-state index contributed by atoms with van der Waals surface area (Å²) in [5.74, 6) is -0.0659. The van der Waals surface area contributed by atoms with Crippen LogP contribution in [0.5, 0.6) is 0 Å². The summed E-state index contributed by atoms with van der Waals surface area (Å²) in [6.45, 7) is 6.12. The molecule has 0 unspecified atom stereocenters. The van der Waals surface area contributed by atoms with Gasteiger partial charge in [0.15, 0.2) is 0 Å². The van der Waals surface area contributed by atoms with Crippen LogP contribution < -0.4 is 0 Å². The third-order valence-corrected chi connectivity index (χ3v) is 5.55. The largest absolute Gasteiger partial charge is 0.518 e. The van der Waals surface area contributed by atoms with Crippen molar-refractivity contribution < 1.29 is 9.22 Å². The minimum Gasteiger partial charge on any atom is -0.518 e. The molecule has 0 fully saturated rings. The van der Waals surface area contributed by atoms with Gasteiger partial charge >= 0.3 is 0 Å². The Morgan fingerprint density at radius 2 is 1.80 bits per heavy atom. The molecule has 0 saturated heterocycles. The monoisotopic (exact) mass is 250 g/mol. The number of unbranched alkanes of at least 4 members (excludes halogenated alkanes) is 4. The highest BCUT2D eigenvalue weighted by molar-refractivity contribution is 6.78. The highest BCUT2D eigenvalue weighted by Crippen LogP contribution is 2.11. The molecule has 0 N–H and O–H groups in total. The molecule has 0 atom stereocenters. The van der Waals surface area contributed by atoms with Crippen molar-refractivity contribution >= 4 is 25.9 Å². The highest BCUT2D eigenvalue weighted by Gasteiger charge is 2.25. The minimum atomic E-state index is -1.90. The number of halogens is 1. The van der Waals surface area contributed by atoms with E-state index in [0.717, 1.165) is 12.8 Å². The fraction of sp³-hybridized carbons (Fsp3) is 0.909. The predicted octanol–water partition coefficient (Wildman–Crippen LogP) is 3.87. The van der Waals surface area contributed by atoms with Crippen LogP contribution in [0.2, 0.25) is 13.1 Å². The third-order valence-electron chi connectivity index (χ3n) is 2.20. The molecule has 4 heteroatoms. The van der Waals surface area contributed by atoms with Gasteiger partial charge in [-0.2, -0.15) is 0 Å². The van der Waals surface area contributed by atoms with Gasteiger partial charge < -0.3 is 4.43 Å². The molecular formula is C11H23ClO2Si. The van der Waals surface area contributed by atoms with Crippen molar-refractivity contribution in [2.45, 2.75) is 58.5 Å². The molecule has 0 aliphatic rings. The molecule has 0 aliphatic heterocycles. The van der Waals surface area contributed by atoms with Crippen LogP contribution in [0.1, 0.15) is 45.4 Å². The van der Waals surface area contributed by atoms with Crippen molar-refractivity contribution in [3.63, 3.8) is 0 Å². The van der Waals surface area contributed by atoms with E-state index in [1.165, 1.54) is 19.3 Å². The van der Waals surface area contributed by atoms with E-state index < -0.39 is 8.32 Å². The second-order valence-electron chi connectivity index (χ2n) is 4.53. The van der Waals surface area contributed by atoms with E-state index >= 15 is 0 Å². The summed E-state index contributed by atoms with van der Waals surface area (Å²) in [5.41, 5.74) is 0.481. The molecule has 0 bridgehead atoms. The zero-order chi connectivity index (χ0) is 11.7. The molecule has 0 heterocycles. The lowest BCUT2D eigenvalue weighted by molar-refractivity contribution is -0.135. The van der Waals surface area contributed by atoms with Gasteiger partial charge in [0.1, 0.15) is 0 Å². The van der Waals surface area contributed by atoms with E-state index in [2.05, 4.69) is 6.92 Å². The average molecular weight is 251 g/mol. The van der Waals surface area contributed by atoms with E-state index in [4.69, 9.17) is 16.0 Å². The van der Waals surface area contributed by atoms with Crippen LogP contribution in [0.15, 0.2) is 0 Å². The van der Waals surface area contributed by atoms with Crippen LogP contribution in [0, 0.1) is 0 Å². The van der Waals surface area contributed by atoms with Crippen LogP contribution in [0.3, 0.4) is 0 Å². The standard InChI is InChI=1S/C11H23ClO2Si/c1-4-5-6-7-8-9-11(13)14-15(2,3)10-12/h4-10H2,1-3H3. The first-order valence-electron chi connectivity index (χ1n) is 5.79. The molecular weight excluding hydrogens is 228 g/mol. The Labute approximate surface area is 99.5 Å². The predicted molar refractivity (Wildman–Crippen MR) is 67.7 cm³/mol. The van der Waals surface area contributed by atoms with Crippen LogP contribution in [-0.4, -0.2) is 19.8 Å². The van der Waals surface area contributed by atoms with Gasteiger partial charge in [-0.25, -0.2) is 0 Å². The minimum absolute atomic E-state index is 0.0659. The Kier molecular flexibility index (Phi) is 8.15. The maximum Gasteiger partial charge on any atom is 0.292 e. The van der Waals surface area contributed by atoms with Gasteiger partial charge in [0.05, 0.1) is 5.50 Å². The summed E-state index contributed by atoms with van der Waals surface area (Å²) >= 11 is 5.72. The number of hydrogen-bond acceptors (Lipinski definition) is 2. The van der Waals surface area contributed by atoms with Crippen molar-refractivity contribution in [2.24, 2.45) is 0 Å². The Balaban J connectivity index is 3.49. The molecule has 0 saturated carbocycles. The number of alkyl halides is 1. The van der Waals surface area contributed by atoms with E-state index in [9.17, 15) is 4.79 Å². The molecule has 90 valence electrons. The molecule has 0 aliphatic carbocycles. The third kappa shape index (κ3) is 8.94. The van der Waals surface area contributed by atoms with Crippen molar-refractivity contribution in [1.29, 1.82) is 0 Å². The molecule has 0 radical (unpaired) electrons. The molecule has 0 amide bonds. The first-order chi connectivity index (χ1) is 7.02. The normalized spacial score (nSPS) is 11.5. The van der Waals surface area contributed by atoms with E-state index in [1.807, 2.05) is 13.1 Å². The van der Waals surface area contributed by atoms with Crippen LogP contribution in [-0.2, 0) is 9.22 Å². The Morgan fingerprint density at radius 1 is 1.20 bits per heavy atom. The number of rotatable bonds is 8. The van der Waals surface area contributed by atoms with E-state index in [1.54, 1.807) is 0 Å². The summed E-state index contributed by atoms with van der Waals surface area (Å²) in [7, 11) is -1.90. The number of hydrogen-bond donors (Lipinski definition) is 0.